The minimum atomic E-state index is -0.311. The molecule has 0 bridgehead atoms. The van der Waals surface area contributed by atoms with E-state index < -0.39 is 0 Å². The van der Waals surface area contributed by atoms with Crippen molar-refractivity contribution < 1.29 is 9.53 Å². The Hall–Kier alpha value is -2.43. The zero-order chi connectivity index (χ0) is 22.6. The minimum absolute atomic E-state index is 0.0260. The van der Waals surface area contributed by atoms with Crippen molar-refractivity contribution in [3.05, 3.63) is 53.7 Å². The molecule has 2 saturated carbocycles. The first-order valence-electron chi connectivity index (χ1n) is 12.8. The van der Waals surface area contributed by atoms with Gasteiger partial charge in [-0.1, -0.05) is 37.6 Å². The first kappa shape index (κ1) is 21.1. The monoisotopic (exact) mass is 445 g/mol. The van der Waals surface area contributed by atoms with Crippen molar-refractivity contribution in [1.82, 2.24) is 9.55 Å². The number of hydrogen-bond donors (Lipinski definition) is 0. The van der Waals surface area contributed by atoms with Gasteiger partial charge in [-0.05, 0) is 84.7 Å². The summed E-state index contributed by atoms with van der Waals surface area (Å²) in [5.41, 5.74) is 5.04. The second kappa shape index (κ2) is 7.82. The van der Waals surface area contributed by atoms with Crippen LogP contribution in [0.4, 0.5) is 4.79 Å². The quantitative estimate of drug-likeness (QED) is 0.514. The van der Waals surface area contributed by atoms with E-state index >= 15 is 0 Å². The van der Waals surface area contributed by atoms with E-state index in [4.69, 9.17) is 4.74 Å². The van der Waals surface area contributed by atoms with Crippen LogP contribution in [0.3, 0.4) is 0 Å². The largest absolute Gasteiger partial charge is 0.445 e. The van der Waals surface area contributed by atoms with Crippen molar-refractivity contribution in [3.8, 4) is 0 Å². The van der Waals surface area contributed by atoms with Gasteiger partial charge in [-0.2, -0.15) is 0 Å². The third-order valence-corrected chi connectivity index (χ3v) is 9.79. The number of aromatic nitrogens is 2. The molecule has 4 aliphatic carbocycles. The van der Waals surface area contributed by atoms with Crippen LogP contribution in [0.5, 0.6) is 0 Å². The number of ether oxygens (including phenoxy) is 1. The van der Waals surface area contributed by atoms with Crippen LogP contribution in [-0.2, 0) is 4.74 Å². The van der Waals surface area contributed by atoms with E-state index in [0.29, 0.717) is 0 Å². The fourth-order valence-corrected chi connectivity index (χ4v) is 8.00. The summed E-state index contributed by atoms with van der Waals surface area (Å²) in [6, 6.07) is 0. The third kappa shape index (κ3) is 3.30. The Labute approximate surface area is 196 Å². The predicted octanol–water partition coefficient (Wildman–Crippen LogP) is 6.14. The molecule has 2 heterocycles. The summed E-state index contributed by atoms with van der Waals surface area (Å²) in [6.07, 6.45) is 23.0. The Morgan fingerprint density at radius 3 is 2.76 bits per heavy atom. The fourth-order valence-electron chi connectivity index (χ4n) is 8.00. The van der Waals surface area contributed by atoms with E-state index in [1.807, 2.05) is 0 Å². The number of nitrogens with zero attached hydrogens (tertiary/aromatic N) is 3. The normalized spacial score (nSPS) is 39.5. The second-order valence-corrected chi connectivity index (χ2v) is 11.3. The molecular weight excluding hydrogens is 410 g/mol. The van der Waals surface area contributed by atoms with Gasteiger partial charge in [0, 0.05) is 31.6 Å². The zero-order valence-corrected chi connectivity index (χ0v) is 19.9. The van der Waals surface area contributed by atoms with Crippen LogP contribution in [0.2, 0.25) is 0 Å². The van der Waals surface area contributed by atoms with E-state index in [1.165, 1.54) is 47.7 Å². The molecule has 0 N–H and O–H groups in total. The molecule has 0 aromatic carbocycles. The average molecular weight is 446 g/mol. The predicted molar refractivity (Wildman–Crippen MR) is 129 cm³/mol. The van der Waals surface area contributed by atoms with Crippen molar-refractivity contribution in [2.75, 3.05) is 6.54 Å². The van der Waals surface area contributed by atoms with Crippen LogP contribution in [0.25, 0.3) is 0 Å². The molecule has 6 unspecified atom stereocenters. The molecule has 174 valence electrons. The number of carbonyl (C=O) groups is 1. The molecule has 1 aromatic rings. The highest BCUT2D eigenvalue weighted by Crippen LogP contribution is 2.65. The topological polar surface area (TPSA) is 56.5 Å². The van der Waals surface area contributed by atoms with Gasteiger partial charge in [-0.3, -0.25) is 4.99 Å². The van der Waals surface area contributed by atoms with Gasteiger partial charge in [-0.15, -0.1) is 0 Å². The van der Waals surface area contributed by atoms with Gasteiger partial charge in [0.2, 0.25) is 0 Å². The molecule has 33 heavy (non-hydrogen) atoms. The molecule has 0 saturated heterocycles. The van der Waals surface area contributed by atoms with Gasteiger partial charge in [0.05, 0.1) is 0 Å². The molecule has 5 nitrogen and oxygen atoms in total. The number of aliphatic imine (C=N–C) groups is 1. The highest BCUT2D eigenvalue weighted by atomic mass is 16.6. The summed E-state index contributed by atoms with van der Waals surface area (Å²) in [4.78, 5) is 21.0. The Balaban J connectivity index is 1.20. The molecular formula is C28H35N3O2. The summed E-state index contributed by atoms with van der Waals surface area (Å²) >= 11 is 0. The average Bonchev–Trinajstić information content (AvgIpc) is 3.48. The van der Waals surface area contributed by atoms with Gasteiger partial charge in [0.15, 0.2) is 0 Å². The minimum Gasteiger partial charge on any atom is -0.445 e. The van der Waals surface area contributed by atoms with Crippen molar-refractivity contribution in [2.24, 2.45) is 33.6 Å². The van der Waals surface area contributed by atoms with Gasteiger partial charge in [0.1, 0.15) is 12.4 Å². The maximum absolute atomic E-state index is 12.4. The lowest BCUT2D eigenvalue weighted by atomic mass is 9.47. The van der Waals surface area contributed by atoms with Crippen LogP contribution in [-0.4, -0.2) is 34.5 Å². The molecule has 2 fully saturated rings. The first-order chi connectivity index (χ1) is 16.0. The van der Waals surface area contributed by atoms with Crippen LogP contribution in [0.1, 0.15) is 65.2 Å². The molecule has 5 heteroatoms. The fraction of sp³-hybridized carbons (Fsp3) is 0.607. The molecule has 1 aromatic heterocycles. The zero-order valence-electron chi connectivity index (χ0n) is 19.9. The molecule has 0 spiro atoms. The van der Waals surface area contributed by atoms with E-state index in [9.17, 15) is 4.79 Å². The number of allylic oxidation sites excluding steroid dienone is 4. The number of rotatable bonds is 2. The Kier molecular flexibility index (Phi) is 5.00. The van der Waals surface area contributed by atoms with Gasteiger partial charge in [0.25, 0.3) is 0 Å². The second-order valence-electron chi connectivity index (χ2n) is 11.3. The maximum atomic E-state index is 12.4. The number of hydrogen-bond acceptors (Lipinski definition) is 4. The number of carbonyl (C=O) groups excluding carboxylic acids is 1. The van der Waals surface area contributed by atoms with Crippen LogP contribution < -0.4 is 0 Å². The first-order valence-corrected chi connectivity index (χ1v) is 12.8. The smallest absolute Gasteiger partial charge is 0.419 e. The number of fused-ring (bicyclic) bond motifs is 5. The van der Waals surface area contributed by atoms with E-state index in [2.05, 4.69) is 48.3 Å². The van der Waals surface area contributed by atoms with Crippen LogP contribution >= 0.6 is 0 Å². The lowest BCUT2D eigenvalue weighted by molar-refractivity contribution is -0.0306. The van der Waals surface area contributed by atoms with Gasteiger partial charge < -0.3 is 4.74 Å². The number of imidazole rings is 1. The standard InChI is InChI=1S/C28H35N3O2/c1-27-11-9-21(33-26(32)31-15-14-30-18-31)16-20(27)5-6-22-24-8-7-23(19-4-3-13-29-17-19)28(24,2)12-10-25(22)27/h4-5,7,14-15,17-18,21-22,24-25H,3,6,8-13,16H2,1-2H3. The SMILES string of the molecule is CC12CCC(OC(=O)n3ccnc3)CC1=CCC1C2CCC2(C)C(C3=CCCN=C3)=CCC12. The molecule has 6 rings (SSSR count). The van der Waals surface area contributed by atoms with E-state index in [0.717, 1.165) is 50.0 Å². The van der Waals surface area contributed by atoms with Crippen molar-refractivity contribution >= 4 is 12.3 Å². The maximum Gasteiger partial charge on any atom is 0.419 e. The Bertz CT molecular complexity index is 1060. The lowest BCUT2D eigenvalue weighted by Crippen LogP contribution is -2.50. The van der Waals surface area contributed by atoms with Crippen molar-refractivity contribution in [3.63, 3.8) is 0 Å². The van der Waals surface area contributed by atoms with Gasteiger partial charge in [-0.25, -0.2) is 14.3 Å². The molecule has 0 radical (unpaired) electrons. The third-order valence-electron chi connectivity index (χ3n) is 9.79. The molecule has 5 aliphatic rings. The summed E-state index contributed by atoms with van der Waals surface area (Å²) in [7, 11) is 0. The van der Waals surface area contributed by atoms with Crippen LogP contribution in [0, 0.1) is 28.6 Å². The van der Waals surface area contributed by atoms with Crippen molar-refractivity contribution in [2.45, 2.75) is 71.3 Å². The summed E-state index contributed by atoms with van der Waals surface area (Å²) in [5.74, 6) is 2.22. The van der Waals surface area contributed by atoms with Crippen LogP contribution in [0.15, 0.2) is 58.7 Å². The molecule has 1 aliphatic heterocycles. The Morgan fingerprint density at radius 1 is 1.09 bits per heavy atom. The number of dihydropyridines is 1. The van der Waals surface area contributed by atoms with E-state index in [-0.39, 0.29) is 23.0 Å². The summed E-state index contributed by atoms with van der Waals surface area (Å²) in [5, 5.41) is 0. The highest BCUT2D eigenvalue weighted by molar-refractivity contribution is 5.86. The lowest BCUT2D eigenvalue weighted by Gasteiger charge is -2.58. The highest BCUT2D eigenvalue weighted by Gasteiger charge is 2.57. The molecule has 6 atom stereocenters. The summed E-state index contributed by atoms with van der Waals surface area (Å²) in [6.45, 7) is 5.97. The molecule has 0 amide bonds. The summed E-state index contributed by atoms with van der Waals surface area (Å²) < 4.78 is 7.28. The van der Waals surface area contributed by atoms with Crippen molar-refractivity contribution in [1.29, 1.82) is 0 Å². The Morgan fingerprint density at radius 2 is 1.97 bits per heavy atom. The van der Waals surface area contributed by atoms with Gasteiger partial charge >= 0.3 is 6.09 Å². The van der Waals surface area contributed by atoms with E-state index in [1.54, 1.807) is 18.0 Å².